The summed E-state index contributed by atoms with van der Waals surface area (Å²) in [5, 5.41) is 0. The van der Waals surface area contributed by atoms with Crippen LogP contribution in [0.25, 0.3) is 0 Å². The molecule has 1 nitrogen and oxygen atoms in total. The number of allylic oxidation sites excluding steroid dienone is 4. The van der Waals surface area contributed by atoms with Crippen LogP contribution in [0.2, 0.25) is 0 Å². The lowest BCUT2D eigenvalue weighted by molar-refractivity contribution is -0.117. The Balaban J connectivity index is 2.37. The molecule has 1 fully saturated rings. The fourth-order valence-corrected chi connectivity index (χ4v) is 3.45. The fourth-order valence-electron chi connectivity index (χ4n) is 3.45. The largest absolute Gasteiger partial charge is 0.295 e. The van der Waals surface area contributed by atoms with E-state index in [-0.39, 0.29) is 0 Å². The number of ketones is 1. The Morgan fingerprint density at radius 1 is 1.44 bits per heavy atom. The standard InChI is InChI=1S/C15H22O/c1-10(2)13-5-6-15(9-13)11(3)7-14(16)8-12(15)4/h7,12H,5-6,8-9H2,1-4H3/t12-,15+/m1/s1. The summed E-state index contributed by atoms with van der Waals surface area (Å²) in [6.45, 7) is 8.84. The first kappa shape index (κ1) is 11.6. The molecule has 1 heteroatoms. The molecule has 2 atom stereocenters. The van der Waals surface area contributed by atoms with Gasteiger partial charge in [0.2, 0.25) is 0 Å². The van der Waals surface area contributed by atoms with Gasteiger partial charge in [0.25, 0.3) is 0 Å². The molecule has 0 saturated heterocycles. The average molecular weight is 218 g/mol. The summed E-state index contributed by atoms with van der Waals surface area (Å²) in [5.41, 5.74) is 4.73. The smallest absolute Gasteiger partial charge is 0.155 e. The van der Waals surface area contributed by atoms with E-state index in [1.165, 1.54) is 30.4 Å². The molecule has 0 aliphatic heterocycles. The molecule has 1 spiro atoms. The maximum absolute atomic E-state index is 11.6. The van der Waals surface area contributed by atoms with Gasteiger partial charge >= 0.3 is 0 Å². The Kier molecular flexibility index (Phi) is 2.81. The van der Waals surface area contributed by atoms with Gasteiger partial charge in [0.15, 0.2) is 5.78 Å². The summed E-state index contributed by atoms with van der Waals surface area (Å²) in [5.74, 6) is 0.836. The lowest BCUT2D eigenvalue weighted by Gasteiger charge is -2.39. The van der Waals surface area contributed by atoms with Crippen molar-refractivity contribution in [2.45, 2.75) is 53.4 Å². The number of hydrogen-bond acceptors (Lipinski definition) is 1. The quantitative estimate of drug-likeness (QED) is 0.561. The summed E-state index contributed by atoms with van der Waals surface area (Å²) < 4.78 is 0. The number of hydrogen-bond donors (Lipinski definition) is 0. The predicted molar refractivity (Wildman–Crippen MR) is 67.2 cm³/mol. The molecule has 0 unspecified atom stereocenters. The number of rotatable bonds is 0. The normalized spacial score (nSPS) is 34.5. The third-order valence-corrected chi connectivity index (χ3v) is 4.72. The molecule has 0 bridgehead atoms. The SMILES string of the molecule is CC1=CC(=O)C[C@@H](C)[C@]12CCC(=C(C)C)C2. The summed E-state index contributed by atoms with van der Waals surface area (Å²) in [4.78, 5) is 11.6. The van der Waals surface area contributed by atoms with Crippen molar-refractivity contribution in [2.75, 3.05) is 0 Å². The summed E-state index contributed by atoms with van der Waals surface area (Å²) in [6, 6.07) is 0. The van der Waals surface area contributed by atoms with Gasteiger partial charge in [-0.05, 0) is 57.4 Å². The van der Waals surface area contributed by atoms with Gasteiger partial charge in [-0.2, -0.15) is 0 Å². The van der Waals surface area contributed by atoms with E-state index in [0.717, 1.165) is 6.42 Å². The minimum Gasteiger partial charge on any atom is -0.295 e. The molecule has 0 aromatic carbocycles. The van der Waals surface area contributed by atoms with Gasteiger partial charge in [0.1, 0.15) is 0 Å². The van der Waals surface area contributed by atoms with Crippen molar-refractivity contribution in [3.05, 3.63) is 22.8 Å². The minimum absolute atomic E-state index is 0.306. The van der Waals surface area contributed by atoms with Crippen molar-refractivity contribution in [1.82, 2.24) is 0 Å². The van der Waals surface area contributed by atoms with Crippen molar-refractivity contribution in [1.29, 1.82) is 0 Å². The van der Waals surface area contributed by atoms with Crippen molar-refractivity contribution in [3.63, 3.8) is 0 Å². The Bertz CT molecular complexity index is 382. The van der Waals surface area contributed by atoms with E-state index in [1.54, 1.807) is 5.57 Å². The van der Waals surface area contributed by atoms with E-state index >= 15 is 0 Å². The van der Waals surface area contributed by atoms with Gasteiger partial charge in [-0.15, -0.1) is 0 Å². The van der Waals surface area contributed by atoms with Crippen molar-refractivity contribution >= 4 is 5.78 Å². The van der Waals surface area contributed by atoms with Crippen LogP contribution in [-0.4, -0.2) is 5.78 Å². The molecule has 2 aliphatic carbocycles. The summed E-state index contributed by atoms with van der Waals surface area (Å²) >= 11 is 0. The minimum atomic E-state index is 0.306. The topological polar surface area (TPSA) is 17.1 Å². The van der Waals surface area contributed by atoms with Gasteiger partial charge in [-0.25, -0.2) is 0 Å². The highest BCUT2D eigenvalue weighted by Crippen LogP contribution is 2.55. The van der Waals surface area contributed by atoms with Crippen LogP contribution in [0, 0.1) is 11.3 Å². The van der Waals surface area contributed by atoms with Crippen molar-refractivity contribution < 1.29 is 4.79 Å². The maximum Gasteiger partial charge on any atom is 0.155 e. The molecule has 2 aliphatic rings. The zero-order valence-electron chi connectivity index (χ0n) is 10.9. The van der Waals surface area contributed by atoms with E-state index in [0.29, 0.717) is 17.1 Å². The maximum atomic E-state index is 11.6. The Morgan fingerprint density at radius 2 is 2.12 bits per heavy atom. The second-order valence-corrected chi connectivity index (χ2v) is 5.84. The summed E-state index contributed by atoms with van der Waals surface area (Å²) in [6.07, 6.45) is 6.30. The molecule has 0 radical (unpaired) electrons. The highest BCUT2D eigenvalue weighted by molar-refractivity contribution is 5.91. The molecule has 0 aromatic heterocycles. The van der Waals surface area contributed by atoms with Gasteiger partial charge < -0.3 is 0 Å². The van der Waals surface area contributed by atoms with Crippen molar-refractivity contribution in [3.8, 4) is 0 Å². The molecule has 2 rings (SSSR count). The third kappa shape index (κ3) is 1.66. The monoisotopic (exact) mass is 218 g/mol. The number of carbonyl (C=O) groups excluding carboxylic acids is 1. The molecule has 16 heavy (non-hydrogen) atoms. The molecular weight excluding hydrogens is 196 g/mol. The number of carbonyl (C=O) groups is 1. The van der Waals surface area contributed by atoms with Crippen LogP contribution in [0.15, 0.2) is 22.8 Å². The van der Waals surface area contributed by atoms with Crippen LogP contribution in [-0.2, 0) is 4.79 Å². The van der Waals surface area contributed by atoms with E-state index in [4.69, 9.17) is 0 Å². The lowest BCUT2D eigenvalue weighted by Crippen LogP contribution is -2.32. The Hall–Kier alpha value is -0.850. The Morgan fingerprint density at radius 3 is 2.62 bits per heavy atom. The fraction of sp³-hybridized carbons (Fsp3) is 0.667. The highest BCUT2D eigenvalue weighted by atomic mass is 16.1. The molecule has 0 amide bonds. The first-order valence-electron chi connectivity index (χ1n) is 6.32. The van der Waals surface area contributed by atoms with E-state index in [2.05, 4.69) is 27.7 Å². The van der Waals surface area contributed by atoms with Crippen LogP contribution < -0.4 is 0 Å². The highest BCUT2D eigenvalue weighted by Gasteiger charge is 2.45. The predicted octanol–water partition coefficient (Wildman–Crippen LogP) is 4.05. The zero-order valence-corrected chi connectivity index (χ0v) is 10.9. The first-order chi connectivity index (χ1) is 7.45. The van der Waals surface area contributed by atoms with E-state index < -0.39 is 0 Å². The van der Waals surface area contributed by atoms with Crippen LogP contribution in [0.5, 0.6) is 0 Å². The first-order valence-corrected chi connectivity index (χ1v) is 6.32. The Labute approximate surface area is 98.6 Å². The second kappa shape index (κ2) is 3.87. The molecule has 0 aromatic rings. The van der Waals surface area contributed by atoms with Crippen LogP contribution in [0.4, 0.5) is 0 Å². The third-order valence-electron chi connectivity index (χ3n) is 4.72. The van der Waals surface area contributed by atoms with Crippen LogP contribution in [0.3, 0.4) is 0 Å². The van der Waals surface area contributed by atoms with Crippen LogP contribution in [0.1, 0.15) is 53.4 Å². The molecule has 0 N–H and O–H groups in total. The zero-order chi connectivity index (χ0) is 11.9. The van der Waals surface area contributed by atoms with E-state index in [1.807, 2.05) is 6.08 Å². The average Bonchev–Trinajstić information content (AvgIpc) is 2.60. The van der Waals surface area contributed by atoms with Gasteiger partial charge in [-0.3, -0.25) is 4.79 Å². The van der Waals surface area contributed by atoms with E-state index in [9.17, 15) is 4.79 Å². The van der Waals surface area contributed by atoms with Gasteiger partial charge in [-0.1, -0.05) is 23.6 Å². The molecule has 0 heterocycles. The molecule has 88 valence electrons. The second-order valence-electron chi connectivity index (χ2n) is 5.84. The van der Waals surface area contributed by atoms with Crippen molar-refractivity contribution in [2.24, 2.45) is 11.3 Å². The van der Waals surface area contributed by atoms with Crippen LogP contribution >= 0.6 is 0 Å². The lowest BCUT2D eigenvalue weighted by atomic mass is 9.65. The molecular formula is C15H22O. The van der Waals surface area contributed by atoms with Gasteiger partial charge in [0, 0.05) is 6.42 Å². The molecule has 1 saturated carbocycles. The van der Waals surface area contributed by atoms with Gasteiger partial charge in [0.05, 0.1) is 0 Å². The summed E-state index contributed by atoms with van der Waals surface area (Å²) in [7, 11) is 0.